The highest BCUT2D eigenvalue weighted by Gasteiger charge is 2.33. The molecule has 3 atom stereocenters. The van der Waals surface area contributed by atoms with E-state index in [0.29, 0.717) is 0 Å². The molecule has 0 saturated carbocycles. The molecule has 0 radical (unpaired) electrons. The van der Waals surface area contributed by atoms with Gasteiger partial charge >= 0.3 is 0 Å². The number of thioether (sulfide) groups is 1. The highest BCUT2D eigenvalue weighted by molar-refractivity contribution is 7.98. The monoisotopic (exact) mass is 270 g/mol. The van der Waals surface area contributed by atoms with Crippen LogP contribution in [0.1, 0.15) is 45.4 Å². The second kappa shape index (κ2) is 7.16. The van der Waals surface area contributed by atoms with Crippen molar-refractivity contribution in [1.82, 2.24) is 10.2 Å². The molecule has 2 rings (SSSR count). The number of piperidine rings is 1. The smallest absolute Gasteiger partial charge is 0.0180 e. The molecule has 2 bridgehead atoms. The maximum atomic E-state index is 3.75. The lowest BCUT2D eigenvalue weighted by Gasteiger charge is -2.32. The van der Waals surface area contributed by atoms with Crippen LogP contribution in [0, 0.1) is 5.92 Å². The second-order valence-electron chi connectivity index (χ2n) is 6.26. The quantitative estimate of drug-likeness (QED) is 0.765. The van der Waals surface area contributed by atoms with Crippen molar-refractivity contribution in [2.45, 2.75) is 63.6 Å². The fourth-order valence-electron chi connectivity index (χ4n) is 3.73. The molecule has 18 heavy (non-hydrogen) atoms. The minimum absolute atomic E-state index is 0.776. The maximum Gasteiger partial charge on any atom is 0.0180 e. The van der Waals surface area contributed by atoms with Gasteiger partial charge < -0.3 is 10.2 Å². The Labute approximate surface area is 117 Å². The Morgan fingerprint density at radius 2 is 1.94 bits per heavy atom. The van der Waals surface area contributed by atoms with Gasteiger partial charge in [-0.05, 0) is 64.3 Å². The van der Waals surface area contributed by atoms with Gasteiger partial charge in [-0.3, -0.25) is 0 Å². The summed E-state index contributed by atoms with van der Waals surface area (Å²) in [5, 5.41) is 3.75. The van der Waals surface area contributed by atoms with E-state index in [4.69, 9.17) is 0 Å². The topological polar surface area (TPSA) is 15.3 Å². The molecule has 2 saturated heterocycles. The molecule has 2 nitrogen and oxygen atoms in total. The molecule has 1 N–H and O–H groups in total. The van der Waals surface area contributed by atoms with Crippen LogP contribution in [0.25, 0.3) is 0 Å². The third-order valence-electron chi connectivity index (χ3n) is 4.91. The third kappa shape index (κ3) is 3.88. The Morgan fingerprint density at radius 3 is 2.50 bits per heavy atom. The summed E-state index contributed by atoms with van der Waals surface area (Å²) in [6, 6.07) is 2.48. The molecule has 106 valence electrons. The van der Waals surface area contributed by atoms with Crippen molar-refractivity contribution in [1.29, 1.82) is 0 Å². The van der Waals surface area contributed by atoms with Gasteiger partial charge in [-0.2, -0.15) is 11.8 Å². The van der Waals surface area contributed by atoms with E-state index in [1.165, 1.54) is 50.8 Å². The van der Waals surface area contributed by atoms with Gasteiger partial charge in [-0.25, -0.2) is 0 Å². The van der Waals surface area contributed by atoms with Crippen molar-refractivity contribution >= 4 is 11.8 Å². The molecular weight excluding hydrogens is 240 g/mol. The van der Waals surface area contributed by atoms with E-state index in [1.54, 1.807) is 0 Å². The van der Waals surface area contributed by atoms with E-state index < -0.39 is 0 Å². The summed E-state index contributed by atoms with van der Waals surface area (Å²) < 4.78 is 0. The van der Waals surface area contributed by atoms with Crippen molar-refractivity contribution in [3.63, 3.8) is 0 Å². The van der Waals surface area contributed by atoms with Gasteiger partial charge in [0.2, 0.25) is 0 Å². The van der Waals surface area contributed by atoms with Crippen LogP contribution in [-0.2, 0) is 0 Å². The summed E-state index contributed by atoms with van der Waals surface area (Å²) in [4.78, 5) is 2.60. The molecule has 2 heterocycles. The summed E-state index contributed by atoms with van der Waals surface area (Å²) in [6.07, 6.45) is 10.7. The fourth-order valence-corrected chi connectivity index (χ4v) is 4.60. The molecule has 2 fully saturated rings. The molecule has 2 aliphatic rings. The predicted molar refractivity (Wildman–Crippen MR) is 82.4 cm³/mol. The van der Waals surface area contributed by atoms with Crippen LogP contribution in [0.15, 0.2) is 0 Å². The number of nitrogens with zero attached hydrogens (tertiary/aromatic N) is 1. The van der Waals surface area contributed by atoms with E-state index in [2.05, 4.69) is 30.4 Å². The molecule has 0 aliphatic carbocycles. The summed E-state index contributed by atoms with van der Waals surface area (Å²) >= 11 is 1.98. The van der Waals surface area contributed by atoms with Crippen molar-refractivity contribution in [2.24, 2.45) is 5.92 Å². The summed E-state index contributed by atoms with van der Waals surface area (Å²) in [5.41, 5.74) is 0. The van der Waals surface area contributed by atoms with Gasteiger partial charge in [-0.15, -0.1) is 0 Å². The SMILES string of the molecule is CCC(CSC)N(C)CCC1CC2CCC(C1)N2. The van der Waals surface area contributed by atoms with Crippen LogP contribution in [0.2, 0.25) is 0 Å². The zero-order valence-corrected chi connectivity index (χ0v) is 13.1. The Kier molecular flexibility index (Phi) is 5.84. The van der Waals surface area contributed by atoms with Crippen molar-refractivity contribution < 1.29 is 0 Å². The van der Waals surface area contributed by atoms with E-state index in [-0.39, 0.29) is 0 Å². The van der Waals surface area contributed by atoms with Gasteiger partial charge in [0, 0.05) is 23.9 Å². The van der Waals surface area contributed by atoms with Gasteiger partial charge in [-0.1, -0.05) is 6.92 Å². The van der Waals surface area contributed by atoms with Crippen molar-refractivity contribution in [3.8, 4) is 0 Å². The average Bonchev–Trinajstić information content (AvgIpc) is 2.72. The lowest BCUT2D eigenvalue weighted by molar-refractivity contribution is 0.209. The van der Waals surface area contributed by atoms with Crippen LogP contribution >= 0.6 is 11.8 Å². The molecule has 3 heteroatoms. The second-order valence-corrected chi connectivity index (χ2v) is 7.17. The molecule has 0 aromatic heterocycles. The summed E-state index contributed by atoms with van der Waals surface area (Å²) in [7, 11) is 2.32. The number of nitrogens with one attached hydrogen (secondary N) is 1. The third-order valence-corrected chi connectivity index (χ3v) is 5.63. The first-order chi connectivity index (χ1) is 8.72. The Hall–Kier alpha value is 0.270. The average molecular weight is 270 g/mol. The first-order valence-corrected chi connectivity index (χ1v) is 9.07. The molecular formula is C15H30N2S. The summed E-state index contributed by atoms with van der Waals surface area (Å²) in [6.45, 7) is 3.62. The van der Waals surface area contributed by atoms with Gasteiger partial charge in [0.05, 0.1) is 0 Å². The van der Waals surface area contributed by atoms with E-state index in [9.17, 15) is 0 Å². The van der Waals surface area contributed by atoms with Gasteiger partial charge in [0.25, 0.3) is 0 Å². The van der Waals surface area contributed by atoms with Crippen molar-refractivity contribution in [3.05, 3.63) is 0 Å². The minimum atomic E-state index is 0.776. The van der Waals surface area contributed by atoms with Gasteiger partial charge in [0.1, 0.15) is 0 Å². The van der Waals surface area contributed by atoms with Crippen LogP contribution in [0.5, 0.6) is 0 Å². The predicted octanol–water partition coefficient (Wildman–Crippen LogP) is 2.98. The Morgan fingerprint density at radius 1 is 1.28 bits per heavy atom. The highest BCUT2D eigenvalue weighted by atomic mass is 32.2. The minimum Gasteiger partial charge on any atom is -0.311 e. The standard InChI is InChI=1S/C15H30N2S/c1-4-15(11-18-3)17(2)8-7-12-9-13-5-6-14(10-12)16-13/h12-16H,4-11H2,1-3H3. The van der Waals surface area contributed by atoms with Crippen LogP contribution < -0.4 is 5.32 Å². The molecule has 0 aromatic carbocycles. The zero-order chi connectivity index (χ0) is 13.0. The van der Waals surface area contributed by atoms with E-state index in [1.807, 2.05) is 11.8 Å². The zero-order valence-electron chi connectivity index (χ0n) is 12.3. The molecule has 2 aliphatic heterocycles. The normalized spacial score (nSPS) is 33.0. The van der Waals surface area contributed by atoms with Crippen LogP contribution in [0.3, 0.4) is 0 Å². The van der Waals surface area contributed by atoms with Crippen LogP contribution in [0.4, 0.5) is 0 Å². The first kappa shape index (κ1) is 14.7. The van der Waals surface area contributed by atoms with E-state index in [0.717, 1.165) is 24.0 Å². The Balaban J connectivity index is 1.70. The fraction of sp³-hybridized carbons (Fsp3) is 1.00. The highest BCUT2D eigenvalue weighted by Crippen LogP contribution is 2.32. The number of fused-ring (bicyclic) bond motifs is 2. The largest absolute Gasteiger partial charge is 0.311 e. The Bertz CT molecular complexity index is 235. The number of hydrogen-bond acceptors (Lipinski definition) is 3. The molecule has 0 spiro atoms. The molecule has 3 unspecified atom stereocenters. The maximum absolute atomic E-state index is 3.75. The first-order valence-electron chi connectivity index (χ1n) is 7.68. The lowest BCUT2D eigenvalue weighted by atomic mass is 9.89. The number of rotatable bonds is 7. The van der Waals surface area contributed by atoms with Gasteiger partial charge in [0.15, 0.2) is 0 Å². The summed E-state index contributed by atoms with van der Waals surface area (Å²) in [5.74, 6) is 2.27. The van der Waals surface area contributed by atoms with Crippen molar-refractivity contribution in [2.75, 3.05) is 25.6 Å². The van der Waals surface area contributed by atoms with E-state index >= 15 is 0 Å². The lowest BCUT2D eigenvalue weighted by Crippen LogP contribution is -2.40. The van der Waals surface area contributed by atoms with Crippen LogP contribution in [-0.4, -0.2) is 48.6 Å². The molecule has 0 aromatic rings. The molecule has 0 amide bonds. The number of hydrogen-bond donors (Lipinski definition) is 1.